The SMILES string of the molecule is COc1ccc(S(=O)(=O)N(C[C@@H](O)[C@H](Cc2ccccc2)NC(=O)OC(C)(C)C)CC(C)(C)CCCC2(C)OCCO2)cc1. The van der Waals surface area contributed by atoms with E-state index in [-0.39, 0.29) is 24.4 Å². The van der Waals surface area contributed by atoms with Crippen LogP contribution in [0.5, 0.6) is 5.75 Å². The van der Waals surface area contributed by atoms with Crippen molar-refractivity contribution in [2.75, 3.05) is 33.4 Å². The molecule has 1 fully saturated rings. The van der Waals surface area contributed by atoms with Gasteiger partial charge in [-0.1, -0.05) is 44.2 Å². The fourth-order valence-corrected chi connectivity index (χ4v) is 6.88. The Bertz CT molecular complexity index is 1290. The maximum absolute atomic E-state index is 14.1. The number of nitrogens with one attached hydrogen (secondary N) is 1. The molecule has 0 aromatic heterocycles. The molecule has 2 N–H and O–H groups in total. The van der Waals surface area contributed by atoms with Gasteiger partial charge in [0.1, 0.15) is 11.4 Å². The lowest BCUT2D eigenvalue weighted by atomic mass is 9.86. The normalized spacial score (nSPS) is 16.8. The Kier molecular flexibility index (Phi) is 12.2. The van der Waals surface area contributed by atoms with Gasteiger partial charge in [-0.3, -0.25) is 0 Å². The molecule has 0 bridgehead atoms. The minimum Gasteiger partial charge on any atom is -0.497 e. The van der Waals surface area contributed by atoms with Gasteiger partial charge in [0.2, 0.25) is 10.0 Å². The molecular weight excluding hydrogens is 584 g/mol. The molecule has 1 aliphatic rings. The zero-order valence-corrected chi connectivity index (χ0v) is 28.0. The van der Waals surface area contributed by atoms with Crippen LogP contribution in [0.4, 0.5) is 4.79 Å². The van der Waals surface area contributed by atoms with Crippen molar-refractivity contribution >= 4 is 16.1 Å². The number of benzene rings is 2. The van der Waals surface area contributed by atoms with Crippen molar-refractivity contribution in [2.45, 2.75) is 95.7 Å². The van der Waals surface area contributed by atoms with Crippen LogP contribution in [0, 0.1) is 5.41 Å². The van der Waals surface area contributed by atoms with E-state index in [1.807, 2.05) is 51.1 Å². The zero-order valence-electron chi connectivity index (χ0n) is 27.2. The van der Waals surface area contributed by atoms with Crippen molar-refractivity contribution < 1.29 is 37.3 Å². The average molecular weight is 635 g/mol. The van der Waals surface area contributed by atoms with Gasteiger partial charge in [-0.25, -0.2) is 13.2 Å². The molecule has 2 aromatic rings. The maximum atomic E-state index is 14.1. The predicted molar refractivity (Wildman–Crippen MR) is 169 cm³/mol. The Morgan fingerprint density at radius 3 is 2.23 bits per heavy atom. The van der Waals surface area contributed by atoms with E-state index >= 15 is 0 Å². The first-order valence-corrected chi connectivity index (χ1v) is 16.6. The fourth-order valence-electron chi connectivity index (χ4n) is 5.24. The number of carbonyl (C=O) groups excluding carboxylic acids is 1. The molecule has 0 saturated carbocycles. The van der Waals surface area contributed by atoms with Crippen LogP contribution in [-0.4, -0.2) is 80.9 Å². The second-order valence-corrected chi connectivity index (χ2v) is 15.3. The summed E-state index contributed by atoms with van der Waals surface area (Å²) in [5.41, 5.74) is -0.324. The minimum absolute atomic E-state index is 0.0845. The third-order valence-corrected chi connectivity index (χ3v) is 9.37. The van der Waals surface area contributed by atoms with Crippen molar-refractivity contribution in [3.8, 4) is 5.75 Å². The second-order valence-electron chi connectivity index (χ2n) is 13.3. The second kappa shape index (κ2) is 15.1. The molecule has 11 heteroatoms. The highest BCUT2D eigenvalue weighted by molar-refractivity contribution is 7.89. The largest absolute Gasteiger partial charge is 0.497 e. The highest BCUT2D eigenvalue weighted by Gasteiger charge is 2.36. The summed E-state index contributed by atoms with van der Waals surface area (Å²) in [6.45, 7) is 12.2. The van der Waals surface area contributed by atoms with Gasteiger partial charge < -0.3 is 29.4 Å². The molecule has 3 rings (SSSR count). The van der Waals surface area contributed by atoms with E-state index in [0.717, 1.165) is 12.0 Å². The number of rotatable bonds is 15. The maximum Gasteiger partial charge on any atom is 0.407 e. The van der Waals surface area contributed by atoms with E-state index in [1.165, 1.54) is 23.5 Å². The van der Waals surface area contributed by atoms with E-state index in [9.17, 15) is 18.3 Å². The van der Waals surface area contributed by atoms with Crippen LogP contribution < -0.4 is 10.1 Å². The molecule has 2 atom stereocenters. The lowest BCUT2D eigenvalue weighted by molar-refractivity contribution is -0.148. The summed E-state index contributed by atoms with van der Waals surface area (Å²) in [5, 5.41) is 14.4. The van der Waals surface area contributed by atoms with Crippen LogP contribution in [0.2, 0.25) is 0 Å². The molecule has 246 valence electrons. The van der Waals surface area contributed by atoms with E-state index in [4.69, 9.17) is 18.9 Å². The van der Waals surface area contributed by atoms with Crippen molar-refractivity contribution in [1.82, 2.24) is 9.62 Å². The van der Waals surface area contributed by atoms with Gasteiger partial charge in [-0.15, -0.1) is 0 Å². The number of aliphatic hydroxyl groups is 1. The Morgan fingerprint density at radius 1 is 1.05 bits per heavy atom. The average Bonchev–Trinajstić information content (AvgIpc) is 3.37. The number of carbonyl (C=O) groups is 1. The first-order chi connectivity index (χ1) is 20.5. The Balaban J connectivity index is 1.87. The quantitative estimate of drug-likeness (QED) is 0.276. The summed E-state index contributed by atoms with van der Waals surface area (Å²) in [6, 6.07) is 14.8. The number of hydrogen-bond acceptors (Lipinski definition) is 8. The van der Waals surface area contributed by atoms with Crippen molar-refractivity contribution in [3.05, 3.63) is 60.2 Å². The summed E-state index contributed by atoms with van der Waals surface area (Å²) in [4.78, 5) is 12.9. The summed E-state index contributed by atoms with van der Waals surface area (Å²) in [5.74, 6) is -0.0933. The minimum atomic E-state index is -4.05. The zero-order chi connectivity index (χ0) is 32.6. The monoisotopic (exact) mass is 634 g/mol. The molecule has 10 nitrogen and oxygen atoms in total. The molecule has 2 aromatic carbocycles. The molecule has 0 spiro atoms. The number of ether oxygens (including phenoxy) is 4. The van der Waals surface area contributed by atoms with Gasteiger partial charge >= 0.3 is 6.09 Å². The van der Waals surface area contributed by atoms with Crippen LogP contribution in [0.3, 0.4) is 0 Å². The summed E-state index contributed by atoms with van der Waals surface area (Å²) < 4.78 is 51.7. The first kappa shape index (κ1) is 35.8. The van der Waals surface area contributed by atoms with Crippen molar-refractivity contribution in [2.24, 2.45) is 5.41 Å². The lowest BCUT2D eigenvalue weighted by Crippen LogP contribution is -2.52. The Hall–Kier alpha value is -2.70. The number of methoxy groups -OCH3 is 1. The van der Waals surface area contributed by atoms with Gasteiger partial charge in [-0.2, -0.15) is 4.31 Å². The van der Waals surface area contributed by atoms with Crippen LogP contribution in [0.1, 0.15) is 66.4 Å². The number of nitrogens with zero attached hydrogens (tertiary/aromatic N) is 1. The van der Waals surface area contributed by atoms with Gasteiger partial charge in [0.05, 0.1) is 37.4 Å². The standard InChI is InChI=1S/C33H50N2O8S/c1-31(2,3)43-30(37)34-28(22-25-12-9-8-10-13-25)29(36)23-35(44(38,39)27-16-14-26(40-7)15-17-27)24-32(4,5)18-11-19-33(6)41-20-21-42-33/h8-10,12-17,28-29,36H,11,18-24H2,1-7H3,(H,34,37)/t28-,29+/m0/s1. The van der Waals surface area contributed by atoms with E-state index in [1.54, 1.807) is 32.9 Å². The number of alkyl carbamates (subject to hydrolysis) is 1. The van der Waals surface area contributed by atoms with E-state index < -0.39 is 45.1 Å². The van der Waals surface area contributed by atoms with E-state index in [0.29, 0.717) is 31.8 Å². The molecule has 1 heterocycles. The predicted octanol–water partition coefficient (Wildman–Crippen LogP) is 5.14. The topological polar surface area (TPSA) is 124 Å². The highest BCUT2D eigenvalue weighted by Crippen LogP contribution is 2.32. The van der Waals surface area contributed by atoms with Gasteiger partial charge in [0.25, 0.3) is 0 Å². The molecule has 1 amide bonds. The molecule has 1 aliphatic heterocycles. The van der Waals surface area contributed by atoms with Crippen LogP contribution in [0.25, 0.3) is 0 Å². The molecule has 0 unspecified atom stereocenters. The molecule has 1 saturated heterocycles. The molecular formula is C33H50N2O8S. The smallest absolute Gasteiger partial charge is 0.407 e. The van der Waals surface area contributed by atoms with Crippen LogP contribution >= 0.6 is 0 Å². The van der Waals surface area contributed by atoms with Gasteiger partial charge in [-0.05, 0) is 82.2 Å². The Morgan fingerprint density at radius 2 is 1.66 bits per heavy atom. The first-order valence-electron chi connectivity index (χ1n) is 15.2. The van der Waals surface area contributed by atoms with Gasteiger partial charge in [0, 0.05) is 19.5 Å². The molecule has 0 aliphatic carbocycles. The highest BCUT2D eigenvalue weighted by atomic mass is 32.2. The Labute approximate surface area is 263 Å². The summed E-state index contributed by atoms with van der Waals surface area (Å²) in [7, 11) is -2.53. The van der Waals surface area contributed by atoms with Crippen LogP contribution in [0.15, 0.2) is 59.5 Å². The number of amides is 1. The summed E-state index contributed by atoms with van der Waals surface area (Å²) in [6.07, 6.45) is 0.490. The lowest BCUT2D eigenvalue weighted by Gasteiger charge is -2.35. The third-order valence-electron chi connectivity index (χ3n) is 7.54. The van der Waals surface area contributed by atoms with Crippen molar-refractivity contribution in [3.63, 3.8) is 0 Å². The summed E-state index contributed by atoms with van der Waals surface area (Å²) >= 11 is 0. The fraction of sp³-hybridized carbons (Fsp3) is 0.606. The third kappa shape index (κ3) is 11.0. The number of hydrogen-bond donors (Lipinski definition) is 2. The number of aliphatic hydroxyl groups excluding tert-OH is 1. The molecule has 44 heavy (non-hydrogen) atoms. The van der Waals surface area contributed by atoms with E-state index in [2.05, 4.69) is 5.32 Å². The van der Waals surface area contributed by atoms with Gasteiger partial charge in [0.15, 0.2) is 5.79 Å². The van der Waals surface area contributed by atoms with Crippen LogP contribution in [-0.2, 0) is 30.7 Å². The number of sulfonamides is 1. The molecule has 0 radical (unpaired) electrons. The van der Waals surface area contributed by atoms with Crippen molar-refractivity contribution in [1.29, 1.82) is 0 Å².